The van der Waals surface area contributed by atoms with E-state index >= 15 is 0 Å². The molecule has 1 N–H and O–H groups in total. The first-order valence-electron chi connectivity index (χ1n) is 9.58. The molecule has 0 aliphatic carbocycles. The third kappa shape index (κ3) is 3.90. The summed E-state index contributed by atoms with van der Waals surface area (Å²) in [5, 5.41) is 1.66. The predicted octanol–water partition coefficient (Wildman–Crippen LogP) is 1.66. The fraction of sp³-hybridized carbons (Fsp3) is 0.333. The van der Waals surface area contributed by atoms with Gasteiger partial charge in [0.05, 0.1) is 50.5 Å². The summed E-state index contributed by atoms with van der Waals surface area (Å²) in [6, 6.07) is 14.8. The zero-order valence-corrected chi connectivity index (χ0v) is 16.3. The van der Waals surface area contributed by atoms with Crippen LogP contribution in [-0.2, 0) is 4.84 Å². The van der Waals surface area contributed by atoms with E-state index in [4.69, 9.17) is 16.4 Å². The summed E-state index contributed by atoms with van der Waals surface area (Å²) in [4.78, 5) is 33.9. The number of quaternary nitrogens is 1. The van der Waals surface area contributed by atoms with Crippen LogP contribution in [0.5, 0.6) is 0 Å². The van der Waals surface area contributed by atoms with Crippen molar-refractivity contribution in [2.75, 3.05) is 44.2 Å². The van der Waals surface area contributed by atoms with Gasteiger partial charge in [-0.1, -0.05) is 29.8 Å². The van der Waals surface area contributed by atoms with Gasteiger partial charge in [0, 0.05) is 17.1 Å². The minimum absolute atomic E-state index is 0.354. The van der Waals surface area contributed by atoms with Gasteiger partial charge in [-0.15, -0.1) is 5.06 Å². The quantitative estimate of drug-likeness (QED) is 0.592. The maximum Gasteiger partial charge on any atom is 0.285 e. The summed E-state index contributed by atoms with van der Waals surface area (Å²) in [5.74, 6) is -0.744. The number of hydroxylamine groups is 2. The van der Waals surface area contributed by atoms with E-state index in [1.165, 1.54) is 10.6 Å². The Kier molecular flexibility index (Phi) is 5.62. The Morgan fingerprint density at radius 2 is 1.64 bits per heavy atom. The maximum absolute atomic E-state index is 12.3. The van der Waals surface area contributed by atoms with Gasteiger partial charge in [0.15, 0.2) is 0 Å². The van der Waals surface area contributed by atoms with E-state index in [-0.39, 0.29) is 11.8 Å². The smallest absolute Gasteiger partial charge is 0.285 e. The molecular formula is C21H23ClN3O3+. The standard InChI is InChI=1S/C21H22ClN3O3/c22-16-5-3-6-17(15-16)24-12-10-23(11-13-24)9-4-14-28-25-20(26)18-7-1-2-8-19(18)21(25)27/h1-3,5-8,15H,4,9-14H2/p+1. The lowest BCUT2D eigenvalue weighted by atomic mass is 10.1. The molecule has 2 aromatic carbocycles. The van der Waals surface area contributed by atoms with Crippen molar-refractivity contribution < 1.29 is 19.3 Å². The van der Waals surface area contributed by atoms with Crippen molar-refractivity contribution in [3.8, 4) is 0 Å². The number of rotatable bonds is 6. The number of piperazine rings is 1. The number of carbonyl (C=O) groups is 2. The highest BCUT2D eigenvalue weighted by Gasteiger charge is 2.36. The number of hydrogen-bond acceptors (Lipinski definition) is 4. The Labute approximate surface area is 169 Å². The number of anilines is 1. The highest BCUT2D eigenvalue weighted by atomic mass is 35.5. The maximum atomic E-state index is 12.3. The molecule has 2 aromatic rings. The highest BCUT2D eigenvalue weighted by molar-refractivity contribution is 6.30. The molecule has 0 saturated carbocycles. The number of halogens is 1. The van der Waals surface area contributed by atoms with Gasteiger partial charge in [0.25, 0.3) is 11.8 Å². The first-order chi connectivity index (χ1) is 13.6. The molecular weight excluding hydrogens is 378 g/mol. The van der Waals surface area contributed by atoms with Gasteiger partial charge in [-0.2, -0.15) is 0 Å². The minimum atomic E-state index is -0.372. The van der Waals surface area contributed by atoms with E-state index in [1.807, 2.05) is 18.2 Å². The van der Waals surface area contributed by atoms with Crippen molar-refractivity contribution in [2.45, 2.75) is 6.42 Å². The first kappa shape index (κ1) is 18.9. The van der Waals surface area contributed by atoms with E-state index in [2.05, 4.69) is 11.0 Å². The molecule has 1 saturated heterocycles. The number of amides is 2. The Morgan fingerprint density at radius 1 is 0.964 bits per heavy atom. The molecule has 4 rings (SSSR count). The predicted molar refractivity (Wildman–Crippen MR) is 107 cm³/mol. The molecule has 2 heterocycles. The molecule has 6 nitrogen and oxygen atoms in total. The van der Waals surface area contributed by atoms with Crippen molar-refractivity contribution in [2.24, 2.45) is 0 Å². The van der Waals surface area contributed by atoms with Gasteiger partial charge in [-0.05, 0) is 30.3 Å². The van der Waals surface area contributed by atoms with Gasteiger partial charge in [-0.3, -0.25) is 14.4 Å². The number of nitrogens with one attached hydrogen (secondary N) is 1. The van der Waals surface area contributed by atoms with Crippen LogP contribution in [0.4, 0.5) is 5.69 Å². The molecule has 2 amide bonds. The summed E-state index contributed by atoms with van der Waals surface area (Å²) in [6.07, 6.45) is 0.792. The number of benzene rings is 2. The molecule has 0 bridgehead atoms. The number of nitrogens with zero attached hydrogens (tertiary/aromatic N) is 2. The topological polar surface area (TPSA) is 54.3 Å². The minimum Gasteiger partial charge on any atom is -0.360 e. The monoisotopic (exact) mass is 400 g/mol. The van der Waals surface area contributed by atoms with Crippen LogP contribution in [0.15, 0.2) is 48.5 Å². The average molecular weight is 401 g/mol. The van der Waals surface area contributed by atoms with Crippen LogP contribution in [0.1, 0.15) is 27.1 Å². The van der Waals surface area contributed by atoms with Crippen LogP contribution in [0.3, 0.4) is 0 Å². The van der Waals surface area contributed by atoms with E-state index in [9.17, 15) is 9.59 Å². The molecule has 1 fully saturated rings. The average Bonchev–Trinajstić information content (AvgIpc) is 2.96. The van der Waals surface area contributed by atoms with Gasteiger partial charge < -0.3 is 9.80 Å². The second-order valence-electron chi connectivity index (χ2n) is 7.10. The summed E-state index contributed by atoms with van der Waals surface area (Å²) in [7, 11) is 0. The van der Waals surface area contributed by atoms with Crippen LogP contribution < -0.4 is 9.80 Å². The summed E-state index contributed by atoms with van der Waals surface area (Å²) in [6.45, 7) is 5.35. The molecule has 146 valence electrons. The second kappa shape index (κ2) is 8.31. The molecule has 0 atom stereocenters. The number of carbonyl (C=O) groups excluding carboxylic acids is 2. The third-order valence-electron chi connectivity index (χ3n) is 5.30. The molecule has 0 unspecified atom stereocenters. The van der Waals surface area contributed by atoms with Crippen LogP contribution in [0, 0.1) is 0 Å². The normalized spacial score (nSPS) is 17.3. The Bertz CT molecular complexity index is 846. The van der Waals surface area contributed by atoms with Crippen LogP contribution in [-0.4, -0.2) is 56.2 Å². The number of fused-ring (bicyclic) bond motifs is 1. The van der Waals surface area contributed by atoms with Gasteiger partial charge in [0.2, 0.25) is 0 Å². The highest BCUT2D eigenvalue weighted by Crippen LogP contribution is 2.22. The first-order valence-corrected chi connectivity index (χ1v) is 9.96. The largest absolute Gasteiger partial charge is 0.360 e. The van der Waals surface area contributed by atoms with Crippen LogP contribution in [0.2, 0.25) is 5.02 Å². The van der Waals surface area contributed by atoms with Crippen molar-refractivity contribution in [1.82, 2.24) is 5.06 Å². The molecule has 7 heteroatoms. The van der Waals surface area contributed by atoms with Crippen molar-refractivity contribution >= 4 is 29.1 Å². The number of imide groups is 1. The summed E-state index contributed by atoms with van der Waals surface area (Å²) in [5.41, 5.74) is 1.99. The molecule has 0 radical (unpaired) electrons. The zero-order valence-electron chi connectivity index (χ0n) is 15.6. The molecule has 28 heavy (non-hydrogen) atoms. The Morgan fingerprint density at radius 3 is 2.29 bits per heavy atom. The van der Waals surface area contributed by atoms with E-state index in [0.717, 1.165) is 49.2 Å². The molecule has 2 aliphatic heterocycles. The van der Waals surface area contributed by atoms with Crippen LogP contribution >= 0.6 is 11.6 Å². The Balaban J connectivity index is 1.20. The lowest BCUT2D eigenvalue weighted by molar-refractivity contribution is -0.900. The summed E-state index contributed by atoms with van der Waals surface area (Å²) < 4.78 is 0. The Hall–Kier alpha value is -2.41. The second-order valence-corrected chi connectivity index (χ2v) is 7.54. The summed E-state index contributed by atoms with van der Waals surface area (Å²) >= 11 is 6.08. The zero-order chi connectivity index (χ0) is 19.5. The lowest BCUT2D eigenvalue weighted by Gasteiger charge is -2.33. The van der Waals surface area contributed by atoms with Gasteiger partial charge in [0.1, 0.15) is 0 Å². The molecule has 0 aromatic heterocycles. The molecule has 2 aliphatic rings. The van der Waals surface area contributed by atoms with Gasteiger partial charge in [-0.25, -0.2) is 0 Å². The van der Waals surface area contributed by atoms with E-state index in [1.54, 1.807) is 24.3 Å². The van der Waals surface area contributed by atoms with Crippen molar-refractivity contribution in [3.63, 3.8) is 0 Å². The SMILES string of the molecule is O=C1c2ccccc2C(=O)N1OCCC[NH+]1CCN(c2cccc(Cl)c2)CC1. The van der Waals surface area contributed by atoms with E-state index < -0.39 is 0 Å². The van der Waals surface area contributed by atoms with Gasteiger partial charge >= 0.3 is 0 Å². The molecule has 0 spiro atoms. The van der Waals surface area contributed by atoms with E-state index in [0.29, 0.717) is 17.7 Å². The van der Waals surface area contributed by atoms with Crippen LogP contribution in [0.25, 0.3) is 0 Å². The van der Waals surface area contributed by atoms with Crippen molar-refractivity contribution in [3.05, 3.63) is 64.7 Å². The third-order valence-corrected chi connectivity index (χ3v) is 5.53. The fourth-order valence-corrected chi connectivity index (χ4v) is 3.95. The van der Waals surface area contributed by atoms with Crippen molar-refractivity contribution in [1.29, 1.82) is 0 Å². The lowest BCUT2D eigenvalue weighted by Crippen LogP contribution is -3.14. The number of hydrogen-bond donors (Lipinski definition) is 1. The fourth-order valence-electron chi connectivity index (χ4n) is 3.77.